The van der Waals surface area contributed by atoms with Crippen molar-refractivity contribution in [1.29, 1.82) is 0 Å². The van der Waals surface area contributed by atoms with E-state index in [9.17, 15) is 0 Å². The summed E-state index contributed by atoms with van der Waals surface area (Å²) in [6.07, 6.45) is 1.65. The van der Waals surface area contributed by atoms with E-state index in [1.165, 1.54) is 11.1 Å². The number of hydrogen-bond acceptors (Lipinski definition) is 4. The molecule has 0 saturated heterocycles. The molecule has 5 heteroatoms. The van der Waals surface area contributed by atoms with Gasteiger partial charge in [-0.05, 0) is 37.1 Å². The second kappa shape index (κ2) is 8.39. The van der Waals surface area contributed by atoms with Crippen LogP contribution in [0.1, 0.15) is 11.1 Å². The molecule has 1 aliphatic heterocycles. The third-order valence-corrected chi connectivity index (χ3v) is 5.21. The minimum atomic E-state index is 0. The van der Waals surface area contributed by atoms with Crippen LogP contribution in [0.25, 0.3) is 11.3 Å². The number of fused-ring (bicyclic) bond motifs is 1. The monoisotopic (exact) mass is 569 g/mol. The molecular weight excluding hydrogens is 549 g/mol. The molecule has 4 nitrogen and oxygen atoms in total. The maximum atomic E-state index is 4.74. The fourth-order valence-corrected chi connectivity index (χ4v) is 3.86. The Labute approximate surface area is 190 Å². The van der Waals surface area contributed by atoms with Crippen LogP contribution in [-0.4, -0.2) is 9.97 Å². The molecule has 1 radical (unpaired) electrons. The predicted molar refractivity (Wildman–Crippen MR) is 117 cm³/mol. The molecule has 0 saturated carbocycles. The van der Waals surface area contributed by atoms with Gasteiger partial charge < -0.3 is 9.80 Å². The average Bonchev–Trinajstić information content (AvgIpc) is 3.15. The van der Waals surface area contributed by atoms with E-state index in [-0.39, 0.29) is 20.1 Å². The van der Waals surface area contributed by atoms with Crippen molar-refractivity contribution in [2.24, 2.45) is 0 Å². The van der Waals surface area contributed by atoms with E-state index >= 15 is 0 Å². The third-order valence-electron chi connectivity index (χ3n) is 5.21. The van der Waals surface area contributed by atoms with E-state index in [2.05, 4.69) is 71.7 Å². The maximum absolute atomic E-state index is 4.74. The van der Waals surface area contributed by atoms with Crippen molar-refractivity contribution in [3.8, 4) is 11.3 Å². The van der Waals surface area contributed by atoms with Gasteiger partial charge in [0.15, 0.2) is 0 Å². The molecule has 2 heterocycles. The van der Waals surface area contributed by atoms with Crippen molar-refractivity contribution >= 4 is 22.9 Å². The zero-order valence-corrected chi connectivity index (χ0v) is 19.1. The van der Waals surface area contributed by atoms with Gasteiger partial charge in [0, 0.05) is 31.4 Å². The Morgan fingerprint density at radius 3 is 2.23 bits per heavy atom. The van der Waals surface area contributed by atoms with Gasteiger partial charge in [0.25, 0.3) is 0 Å². The van der Waals surface area contributed by atoms with Crippen molar-refractivity contribution in [3.05, 3.63) is 103 Å². The van der Waals surface area contributed by atoms with Crippen LogP contribution in [0.15, 0.2) is 79.1 Å². The molecule has 0 bridgehead atoms. The molecule has 0 N–H and O–H groups in total. The largest absolute Gasteiger partial charge is 0.478 e. The van der Waals surface area contributed by atoms with Crippen LogP contribution in [0.3, 0.4) is 0 Å². The zero-order chi connectivity index (χ0) is 19.8. The summed E-state index contributed by atoms with van der Waals surface area (Å²) in [5, 5.41) is 0. The number of para-hydroxylation sites is 2. The molecule has 30 heavy (non-hydrogen) atoms. The fraction of sp³-hybridized carbons (Fsp3) is 0.0800. The van der Waals surface area contributed by atoms with E-state index in [0.29, 0.717) is 0 Å². The van der Waals surface area contributed by atoms with Gasteiger partial charge in [-0.2, -0.15) is 30.3 Å². The fourth-order valence-electron chi connectivity index (χ4n) is 3.86. The van der Waals surface area contributed by atoms with Crippen LogP contribution in [-0.2, 0) is 20.1 Å². The Balaban J connectivity index is 0.00000218. The number of rotatable bonds is 3. The zero-order valence-electron chi connectivity index (χ0n) is 16.7. The molecule has 0 atom stereocenters. The van der Waals surface area contributed by atoms with Crippen LogP contribution < -0.4 is 9.80 Å². The first-order chi connectivity index (χ1) is 14.2. The minimum Gasteiger partial charge on any atom is -0.478 e. The van der Waals surface area contributed by atoms with Crippen molar-refractivity contribution in [2.45, 2.75) is 13.8 Å². The first kappa shape index (κ1) is 20.3. The van der Waals surface area contributed by atoms with Crippen LogP contribution in [0.5, 0.6) is 0 Å². The molecular formula is C25H20IrN4-2. The van der Waals surface area contributed by atoms with Crippen molar-refractivity contribution < 1.29 is 20.1 Å². The second-order valence-corrected chi connectivity index (χ2v) is 7.10. The summed E-state index contributed by atoms with van der Waals surface area (Å²) >= 11 is 0. The molecule has 0 fully saturated rings. The topological polar surface area (TPSA) is 32.3 Å². The Morgan fingerprint density at radius 2 is 1.53 bits per heavy atom. The summed E-state index contributed by atoms with van der Waals surface area (Å²) in [6.45, 7) is 6.33. The number of anilines is 4. The molecule has 0 unspecified atom stereocenters. The molecule has 4 aromatic rings. The third kappa shape index (κ3) is 3.40. The van der Waals surface area contributed by atoms with Gasteiger partial charge in [0.05, 0.1) is 11.4 Å². The Morgan fingerprint density at radius 1 is 0.800 bits per heavy atom. The van der Waals surface area contributed by atoms with Gasteiger partial charge in [-0.25, -0.2) is 9.97 Å². The first-order valence-electron chi connectivity index (χ1n) is 9.61. The number of aryl methyl sites for hydroxylation is 2. The maximum Gasteiger partial charge on any atom is 0.129 e. The van der Waals surface area contributed by atoms with Crippen LogP contribution in [0.2, 0.25) is 0 Å². The summed E-state index contributed by atoms with van der Waals surface area (Å²) in [5.41, 5.74) is 7.47. The minimum absolute atomic E-state index is 0. The standard InChI is InChI=1S/C25H20N4.Ir/c1-18-10-9-11-19(2)22(18)23-24-25(27-16-26-23)29(21-14-7-4-8-15-21)17-28(24)20-12-5-3-6-13-20;/h3-14,16-17H,1-2H3;/q-2;. The van der Waals surface area contributed by atoms with Crippen LogP contribution >= 0.6 is 0 Å². The first-order valence-corrected chi connectivity index (χ1v) is 9.61. The quantitative estimate of drug-likeness (QED) is 0.285. The van der Waals surface area contributed by atoms with Gasteiger partial charge in [0.1, 0.15) is 12.1 Å². The van der Waals surface area contributed by atoms with Gasteiger partial charge in [0.2, 0.25) is 0 Å². The Kier molecular flexibility index (Phi) is 5.67. The molecule has 151 valence electrons. The van der Waals surface area contributed by atoms with Gasteiger partial charge in [-0.1, -0.05) is 36.4 Å². The number of hydrogen-bond donors (Lipinski definition) is 0. The normalized spacial score (nSPS) is 12.5. The summed E-state index contributed by atoms with van der Waals surface area (Å²) in [6, 6.07) is 27.9. The molecule has 0 amide bonds. The average molecular weight is 569 g/mol. The molecule has 0 spiro atoms. The second-order valence-electron chi connectivity index (χ2n) is 7.10. The van der Waals surface area contributed by atoms with Crippen LogP contribution in [0.4, 0.5) is 22.9 Å². The van der Waals surface area contributed by atoms with E-state index in [4.69, 9.17) is 4.98 Å². The Hall–Kier alpha value is -3.01. The van der Waals surface area contributed by atoms with E-state index in [1.54, 1.807) is 6.33 Å². The van der Waals surface area contributed by atoms with E-state index in [1.807, 2.05) is 42.5 Å². The van der Waals surface area contributed by atoms with Crippen LogP contribution in [0, 0.1) is 26.6 Å². The van der Waals surface area contributed by atoms with Crippen molar-refractivity contribution in [1.82, 2.24) is 9.97 Å². The van der Waals surface area contributed by atoms with Crippen molar-refractivity contribution in [2.75, 3.05) is 9.80 Å². The van der Waals surface area contributed by atoms with E-state index in [0.717, 1.165) is 34.1 Å². The van der Waals surface area contributed by atoms with Gasteiger partial charge in [-0.3, -0.25) is 0 Å². The molecule has 1 aromatic heterocycles. The molecule has 1 aliphatic rings. The number of nitrogens with zero attached hydrogens (tertiary/aromatic N) is 4. The summed E-state index contributed by atoms with van der Waals surface area (Å²) in [5.74, 6) is 0.851. The predicted octanol–water partition coefficient (Wildman–Crippen LogP) is 5.97. The Bertz CT molecular complexity index is 1140. The molecule has 0 aliphatic carbocycles. The molecule has 5 rings (SSSR count). The van der Waals surface area contributed by atoms with Gasteiger partial charge >= 0.3 is 0 Å². The van der Waals surface area contributed by atoms with E-state index < -0.39 is 0 Å². The summed E-state index contributed by atoms with van der Waals surface area (Å²) < 4.78 is 0. The van der Waals surface area contributed by atoms with Gasteiger partial charge in [-0.15, -0.1) is 12.4 Å². The SMILES string of the molecule is Cc1cccc(C)c1-c1ncnc2c1N(c1ccccc1)[CH-]N2c1[c-]cccc1.[Ir]. The number of aromatic nitrogens is 2. The summed E-state index contributed by atoms with van der Waals surface area (Å²) in [4.78, 5) is 13.6. The van der Waals surface area contributed by atoms with Crippen molar-refractivity contribution in [3.63, 3.8) is 0 Å². The smallest absolute Gasteiger partial charge is 0.129 e. The number of benzene rings is 3. The molecule has 3 aromatic carbocycles. The summed E-state index contributed by atoms with van der Waals surface area (Å²) in [7, 11) is 0.